The first-order valence-electron chi connectivity index (χ1n) is 8.86. The van der Waals surface area contributed by atoms with Crippen LogP contribution in [0.3, 0.4) is 0 Å². The van der Waals surface area contributed by atoms with Crippen LogP contribution in [-0.4, -0.2) is 65.4 Å². The Bertz CT molecular complexity index is 552. The van der Waals surface area contributed by atoms with E-state index in [1.54, 1.807) is 0 Å². The highest BCUT2D eigenvalue weighted by atomic mass is 16.7. The van der Waals surface area contributed by atoms with Crippen LogP contribution in [0.15, 0.2) is 12.4 Å². The van der Waals surface area contributed by atoms with Crippen LogP contribution in [0.5, 0.6) is 0 Å². The zero-order valence-electron chi connectivity index (χ0n) is 15.7. The van der Waals surface area contributed by atoms with Gasteiger partial charge < -0.3 is 14.2 Å². The van der Waals surface area contributed by atoms with Crippen LogP contribution >= 0.6 is 0 Å². The summed E-state index contributed by atoms with van der Waals surface area (Å²) in [5.74, 6) is 0.790. The first-order chi connectivity index (χ1) is 11.2. The van der Waals surface area contributed by atoms with Gasteiger partial charge in [-0.2, -0.15) is 0 Å². The van der Waals surface area contributed by atoms with E-state index in [0.717, 1.165) is 37.6 Å². The highest BCUT2D eigenvalue weighted by Gasteiger charge is 2.52. The molecule has 2 saturated heterocycles. The van der Waals surface area contributed by atoms with Gasteiger partial charge in [-0.25, -0.2) is 9.97 Å². The summed E-state index contributed by atoms with van der Waals surface area (Å²) in [4.78, 5) is 13.8. The Morgan fingerprint density at radius 2 is 1.46 bits per heavy atom. The number of anilines is 1. The highest BCUT2D eigenvalue weighted by Crippen LogP contribution is 2.36. The van der Waals surface area contributed by atoms with Gasteiger partial charge in [0.05, 0.1) is 11.2 Å². The van der Waals surface area contributed by atoms with Gasteiger partial charge in [-0.3, -0.25) is 4.90 Å². The van der Waals surface area contributed by atoms with Gasteiger partial charge in [-0.1, -0.05) is 0 Å². The molecule has 7 heteroatoms. The molecule has 0 unspecified atom stereocenters. The molecule has 0 aliphatic carbocycles. The van der Waals surface area contributed by atoms with Crippen LogP contribution in [0.1, 0.15) is 41.5 Å². The molecular weight excluding hydrogens is 303 g/mol. The van der Waals surface area contributed by atoms with Crippen LogP contribution in [0, 0.1) is 0 Å². The normalized spacial score (nSPS) is 24.0. The topological polar surface area (TPSA) is 50.7 Å². The lowest BCUT2D eigenvalue weighted by atomic mass is 9.81. The Morgan fingerprint density at radius 1 is 0.958 bits per heavy atom. The number of piperazine rings is 1. The minimum absolute atomic E-state index is 0.344. The van der Waals surface area contributed by atoms with Crippen molar-refractivity contribution in [2.45, 2.75) is 58.8 Å². The van der Waals surface area contributed by atoms with Crippen LogP contribution < -0.4 is 10.4 Å². The largest absolute Gasteiger partial charge is 0.498 e. The zero-order chi connectivity index (χ0) is 17.5. The predicted octanol–water partition coefficient (Wildman–Crippen LogP) is 1.31. The van der Waals surface area contributed by atoms with Gasteiger partial charge >= 0.3 is 7.12 Å². The van der Waals surface area contributed by atoms with E-state index in [9.17, 15) is 0 Å². The molecule has 2 aliphatic heterocycles. The molecular formula is C17H29BN4O2. The van der Waals surface area contributed by atoms with Crippen molar-refractivity contribution in [1.82, 2.24) is 14.9 Å². The molecule has 2 aliphatic rings. The van der Waals surface area contributed by atoms with Crippen molar-refractivity contribution in [3.05, 3.63) is 12.4 Å². The van der Waals surface area contributed by atoms with E-state index in [1.165, 1.54) is 0 Å². The fourth-order valence-corrected chi connectivity index (χ4v) is 3.03. The van der Waals surface area contributed by atoms with Crippen molar-refractivity contribution < 1.29 is 9.31 Å². The molecule has 0 aromatic carbocycles. The Hall–Kier alpha value is -1.18. The maximum Gasteiger partial charge on any atom is 0.498 e. The molecule has 132 valence electrons. The molecule has 0 N–H and O–H groups in total. The number of hydrogen-bond acceptors (Lipinski definition) is 6. The summed E-state index contributed by atoms with van der Waals surface area (Å²) in [6, 6.07) is 0.596. The summed E-state index contributed by atoms with van der Waals surface area (Å²) in [5.41, 5.74) is 0.186. The fraction of sp³-hybridized carbons (Fsp3) is 0.765. The van der Waals surface area contributed by atoms with Crippen LogP contribution in [0.2, 0.25) is 0 Å². The molecule has 0 atom stereocenters. The molecule has 1 aromatic rings. The minimum atomic E-state index is -0.401. The van der Waals surface area contributed by atoms with Gasteiger partial charge in [0.25, 0.3) is 0 Å². The zero-order valence-corrected chi connectivity index (χ0v) is 15.7. The lowest BCUT2D eigenvalue weighted by Crippen LogP contribution is -2.49. The highest BCUT2D eigenvalue weighted by molar-refractivity contribution is 6.61. The molecule has 24 heavy (non-hydrogen) atoms. The van der Waals surface area contributed by atoms with Gasteiger partial charge in [0.15, 0.2) is 0 Å². The molecule has 0 bridgehead atoms. The van der Waals surface area contributed by atoms with E-state index in [2.05, 4.69) is 61.3 Å². The third kappa shape index (κ3) is 3.30. The molecule has 0 amide bonds. The van der Waals surface area contributed by atoms with Crippen LogP contribution in [-0.2, 0) is 9.31 Å². The average Bonchev–Trinajstić information content (AvgIpc) is 2.76. The quantitative estimate of drug-likeness (QED) is 0.778. The predicted molar refractivity (Wildman–Crippen MR) is 96.7 cm³/mol. The van der Waals surface area contributed by atoms with Gasteiger partial charge in [0.1, 0.15) is 0 Å². The van der Waals surface area contributed by atoms with Gasteiger partial charge in [-0.05, 0) is 41.5 Å². The molecule has 1 aromatic heterocycles. The summed E-state index contributed by atoms with van der Waals surface area (Å²) < 4.78 is 12.1. The first kappa shape index (κ1) is 17.6. The summed E-state index contributed by atoms with van der Waals surface area (Å²) in [5, 5.41) is 0. The van der Waals surface area contributed by atoms with E-state index in [-0.39, 0.29) is 11.2 Å². The molecule has 2 fully saturated rings. The average molecular weight is 332 g/mol. The number of aromatic nitrogens is 2. The molecule has 3 rings (SSSR count). The van der Waals surface area contributed by atoms with Crippen molar-refractivity contribution in [2.75, 3.05) is 31.1 Å². The number of rotatable bonds is 3. The maximum absolute atomic E-state index is 6.05. The molecule has 0 radical (unpaired) electrons. The summed E-state index contributed by atoms with van der Waals surface area (Å²) in [6.07, 6.45) is 3.67. The number of nitrogens with zero attached hydrogens (tertiary/aromatic N) is 4. The van der Waals surface area contributed by atoms with Gasteiger partial charge in [0, 0.05) is 50.1 Å². The second-order valence-electron chi connectivity index (χ2n) is 8.02. The van der Waals surface area contributed by atoms with Crippen molar-refractivity contribution >= 4 is 18.5 Å². The van der Waals surface area contributed by atoms with Crippen LogP contribution in [0.4, 0.5) is 5.95 Å². The fourth-order valence-electron chi connectivity index (χ4n) is 3.03. The minimum Gasteiger partial charge on any atom is -0.399 e. The number of hydrogen-bond donors (Lipinski definition) is 0. The Balaban J connectivity index is 1.65. The third-order valence-corrected chi connectivity index (χ3v) is 5.51. The van der Waals surface area contributed by atoms with Crippen molar-refractivity contribution in [1.29, 1.82) is 0 Å². The molecule has 0 saturated carbocycles. The lowest BCUT2D eigenvalue weighted by Gasteiger charge is -2.36. The monoisotopic (exact) mass is 332 g/mol. The van der Waals surface area contributed by atoms with Crippen molar-refractivity contribution in [3.8, 4) is 0 Å². The third-order valence-electron chi connectivity index (χ3n) is 5.51. The van der Waals surface area contributed by atoms with Gasteiger partial charge in [0.2, 0.25) is 5.95 Å². The smallest absolute Gasteiger partial charge is 0.399 e. The SMILES string of the molecule is CC(C)N1CCN(c2ncc(B3OC(C)(C)C(C)(C)O3)cn2)CC1. The Labute approximate surface area is 145 Å². The summed E-state index contributed by atoms with van der Waals surface area (Å²) >= 11 is 0. The second-order valence-corrected chi connectivity index (χ2v) is 8.02. The van der Waals surface area contributed by atoms with Gasteiger partial charge in [-0.15, -0.1) is 0 Å². The molecule has 0 spiro atoms. The lowest BCUT2D eigenvalue weighted by molar-refractivity contribution is 0.00578. The summed E-state index contributed by atoms with van der Waals surface area (Å²) in [6.45, 7) is 16.7. The Kier molecular flexibility index (Phi) is 4.62. The Morgan fingerprint density at radius 3 is 1.92 bits per heavy atom. The van der Waals surface area contributed by atoms with Crippen molar-refractivity contribution in [3.63, 3.8) is 0 Å². The van der Waals surface area contributed by atoms with Crippen LogP contribution in [0.25, 0.3) is 0 Å². The molecule has 6 nitrogen and oxygen atoms in total. The summed E-state index contributed by atoms with van der Waals surface area (Å²) in [7, 11) is -0.401. The maximum atomic E-state index is 6.05. The van der Waals surface area contributed by atoms with Crippen molar-refractivity contribution in [2.24, 2.45) is 0 Å². The van der Waals surface area contributed by atoms with E-state index >= 15 is 0 Å². The van der Waals surface area contributed by atoms with E-state index in [4.69, 9.17) is 9.31 Å². The standard InChI is InChI=1S/C17H29BN4O2/c1-13(2)21-7-9-22(10-8-21)15-19-11-14(12-20-15)18-23-16(3,4)17(5,6)24-18/h11-13H,7-10H2,1-6H3. The second kappa shape index (κ2) is 6.28. The van der Waals surface area contributed by atoms with E-state index < -0.39 is 7.12 Å². The molecule has 3 heterocycles. The van der Waals surface area contributed by atoms with E-state index in [0.29, 0.717) is 6.04 Å². The first-order valence-corrected chi connectivity index (χ1v) is 8.86. The van der Waals surface area contributed by atoms with E-state index in [1.807, 2.05) is 12.4 Å².